The van der Waals surface area contributed by atoms with Crippen molar-refractivity contribution < 1.29 is 0 Å². The van der Waals surface area contributed by atoms with Gasteiger partial charge in [-0.15, -0.1) is 0 Å². The highest BCUT2D eigenvalue weighted by Crippen LogP contribution is 2.39. The van der Waals surface area contributed by atoms with Crippen molar-refractivity contribution in [3.63, 3.8) is 0 Å². The van der Waals surface area contributed by atoms with Crippen LogP contribution in [0.4, 0.5) is 0 Å². The van der Waals surface area contributed by atoms with Crippen molar-refractivity contribution in [2.24, 2.45) is 0 Å². The molecule has 0 nitrogen and oxygen atoms in total. The first-order chi connectivity index (χ1) is 6.18. The Morgan fingerprint density at radius 2 is 1.92 bits per heavy atom. The van der Waals surface area contributed by atoms with Gasteiger partial charge in [-0.05, 0) is 13.8 Å². The molecule has 2 rings (SSSR count). The first kappa shape index (κ1) is 9.01. The fourth-order valence-electron chi connectivity index (χ4n) is 2.37. The van der Waals surface area contributed by atoms with Crippen LogP contribution in [0.1, 0.15) is 18.1 Å². The van der Waals surface area contributed by atoms with Crippen LogP contribution in [0.3, 0.4) is 0 Å². The average molecular weight is 190 g/mol. The molecular weight excluding hydrogens is 172 g/mol. The monoisotopic (exact) mass is 190 g/mol. The summed E-state index contributed by atoms with van der Waals surface area (Å²) in [7, 11) is -0.871. The summed E-state index contributed by atoms with van der Waals surface area (Å²) in [6, 6.07) is 11.5. The number of hydrogen-bond acceptors (Lipinski definition) is 0. The van der Waals surface area contributed by atoms with E-state index in [1.807, 2.05) is 0 Å². The molecule has 0 radical (unpaired) electrons. The van der Waals surface area contributed by atoms with Crippen LogP contribution in [0, 0.1) is 13.8 Å². The summed E-state index contributed by atoms with van der Waals surface area (Å²) in [4.78, 5) is 0. The molecule has 0 amide bonds. The van der Waals surface area contributed by atoms with Crippen LogP contribution in [0.15, 0.2) is 18.2 Å². The topological polar surface area (TPSA) is 0 Å². The summed E-state index contributed by atoms with van der Waals surface area (Å²) in [6.07, 6.45) is 0. The van der Waals surface area contributed by atoms with Crippen molar-refractivity contribution in [3.8, 4) is 0 Å². The van der Waals surface area contributed by atoms with Gasteiger partial charge in [-0.25, -0.2) is 0 Å². The fraction of sp³-hybridized carbons (Fsp3) is 0.500. The van der Waals surface area contributed by atoms with Crippen molar-refractivity contribution in [3.05, 3.63) is 29.3 Å². The lowest BCUT2D eigenvalue weighted by molar-refractivity contribution is 1.38. The van der Waals surface area contributed by atoms with E-state index in [2.05, 4.69) is 39.0 Å². The fourth-order valence-corrected chi connectivity index (χ4v) is 6.55. The Bertz CT molecular complexity index is 324. The lowest BCUT2D eigenvalue weighted by atomic mass is 10.2. The highest BCUT2D eigenvalue weighted by molar-refractivity contribution is 7.00. The second kappa shape index (κ2) is 2.98. The van der Waals surface area contributed by atoms with E-state index in [0.29, 0.717) is 0 Å². The summed E-state index contributed by atoms with van der Waals surface area (Å²) >= 11 is 0. The van der Waals surface area contributed by atoms with E-state index in [-0.39, 0.29) is 0 Å². The summed E-state index contributed by atoms with van der Waals surface area (Å²) in [6.45, 7) is 6.84. The Morgan fingerprint density at radius 3 is 2.38 bits per heavy atom. The lowest BCUT2D eigenvalue weighted by Gasteiger charge is -2.14. The van der Waals surface area contributed by atoms with Gasteiger partial charge >= 0.3 is 0 Å². The molecule has 1 aromatic rings. The minimum Gasteiger partial charge on any atom is -0.0675 e. The summed E-state index contributed by atoms with van der Waals surface area (Å²) < 4.78 is 0. The molecule has 0 atom stereocenters. The molecule has 1 saturated heterocycles. The third-order valence-electron chi connectivity index (χ3n) is 3.48. The van der Waals surface area contributed by atoms with E-state index in [1.165, 1.54) is 23.7 Å². The number of benzene rings is 1. The third kappa shape index (κ3) is 1.46. The molecule has 0 bridgehead atoms. The Morgan fingerprint density at radius 1 is 1.23 bits per heavy atom. The molecule has 70 valence electrons. The van der Waals surface area contributed by atoms with E-state index in [4.69, 9.17) is 0 Å². The molecule has 0 saturated carbocycles. The largest absolute Gasteiger partial charge is 0.0862 e. The van der Waals surface area contributed by atoms with Gasteiger partial charge in [0.15, 0.2) is 0 Å². The van der Waals surface area contributed by atoms with Crippen molar-refractivity contribution in [2.75, 3.05) is 0 Å². The van der Waals surface area contributed by atoms with Crippen LogP contribution in [0.5, 0.6) is 0 Å². The van der Waals surface area contributed by atoms with Gasteiger partial charge in [-0.1, -0.05) is 59.6 Å². The average Bonchev–Trinajstić information content (AvgIpc) is 2.85. The molecule has 0 aromatic heterocycles. The van der Waals surface area contributed by atoms with E-state index >= 15 is 0 Å². The Kier molecular flexibility index (Phi) is 2.07. The molecule has 1 aliphatic heterocycles. The summed E-state index contributed by atoms with van der Waals surface area (Å²) in [5.41, 5.74) is 2.95. The van der Waals surface area contributed by atoms with Crippen LogP contribution < -0.4 is 5.19 Å². The molecule has 0 N–H and O–H groups in total. The predicted octanol–water partition coefficient (Wildman–Crippen LogP) is 2.99. The third-order valence-corrected chi connectivity index (χ3v) is 8.25. The normalized spacial score (nSPS) is 18.7. The molecule has 1 heteroatoms. The second-order valence-electron chi connectivity index (χ2n) is 4.45. The number of hydrogen-bond donors (Lipinski definition) is 0. The number of aryl methyl sites for hydroxylation is 2. The molecule has 0 spiro atoms. The van der Waals surface area contributed by atoms with E-state index in [1.54, 1.807) is 10.8 Å². The van der Waals surface area contributed by atoms with Gasteiger partial charge in [0, 0.05) is 0 Å². The maximum atomic E-state index is 2.40. The second-order valence-corrected chi connectivity index (χ2v) is 9.26. The van der Waals surface area contributed by atoms with Gasteiger partial charge in [0.2, 0.25) is 0 Å². The maximum Gasteiger partial charge on any atom is 0.0862 e. The van der Waals surface area contributed by atoms with Gasteiger partial charge in [0.25, 0.3) is 0 Å². The van der Waals surface area contributed by atoms with Gasteiger partial charge in [-0.3, -0.25) is 0 Å². The Hall–Kier alpha value is -0.563. The molecule has 0 unspecified atom stereocenters. The van der Waals surface area contributed by atoms with Gasteiger partial charge < -0.3 is 0 Å². The van der Waals surface area contributed by atoms with Crippen LogP contribution in [-0.2, 0) is 0 Å². The van der Waals surface area contributed by atoms with Crippen molar-refractivity contribution >= 4 is 13.3 Å². The van der Waals surface area contributed by atoms with Crippen molar-refractivity contribution in [1.82, 2.24) is 0 Å². The molecule has 1 fully saturated rings. The van der Waals surface area contributed by atoms with Gasteiger partial charge in [0.05, 0.1) is 8.07 Å². The lowest BCUT2D eigenvalue weighted by Crippen LogP contribution is -2.33. The molecule has 1 heterocycles. The number of rotatable bonds is 2. The zero-order valence-corrected chi connectivity index (χ0v) is 9.85. The summed E-state index contributed by atoms with van der Waals surface area (Å²) in [5.74, 6) is 0. The maximum absolute atomic E-state index is 2.40. The summed E-state index contributed by atoms with van der Waals surface area (Å²) in [5, 5.41) is 1.74. The Labute approximate surface area is 82.0 Å². The van der Waals surface area contributed by atoms with Crippen molar-refractivity contribution in [2.45, 2.75) is 38.9 Å². The first-order valence-corrected chi connectivity index (χ1v) is 7.88. The van der Waals surface area contributed by atoms with Crippen LogP contribution in [0.2, 0.25) is 18.1 Å². The molecular formula is C12H18Si. The van der Waals surface area contributed by atoms with E-state index < -0.39 is 8.07 Å². The van der Waals surface area contributed by atoms with Crippen LogP contribution in [-0.4, -0.2) is 8.07 Å². The van der Waals surface area contributed by atoms with E-state index in [9.17, 15) is 0 Å². The quantitative estimate of drug-likeness (QED) is 0.629. The van der Waals surface area contributed by atoms with Crippen molar-refractivity contribution in [1.29, 1.82) is 0 Å². The standard InChI is InChI=1S/C12H18Si/c1-4-13(7-8-13)12-6-5-10(2)9-11(12)3/h5-6,9H,4,7-8H2,1-3H3. The minimum absolute atomic E-state index is 0.871. The molecule has 1 aromatic carbocycles. The SMILES string of the molecule is CC[Si]1(c2ccc(C)cc2C)CC1. The molecule has 13 heavy (non-hydrogen) atoms. The van der Waals surface area contributed by atoms with Crippen LogP contribution in [0.25, 0.3) is 0 Å². The molecule has 0 aliphatic carbocycles. The zero-order valence-electron chi connectivity index (χ0n) is 8.85. The predicted molar refractivity (Wildman–Crippen MR) is 61.4 cm³/mol. The van der Waals surface area contributed by atoms with Gasteiger partial charge in [0.1, 0.15) is 0 Å². The molecule has 1 aliphatic rings. The first-order valence-electron chi connectivity index (χ1n) is 5.26. The van der Waals surface area contributed by atoms with Crippen LogP contribution >= 0.6 is 0 Å². The highest BCUT2D eigenvalue weighted by atomic mass is 28.3. The van der Waals surface area contributed by atoms with Gasteiger partial charge in [-0.2, -0.15) is 0 Å². The minimum atomic E-state index is -0.871. The smallest absolute Gasteiger partial charge is 0.0675 e. The Balaban J connectivity index is 2.41. The van der Waals surface area contributed by atoms with E-state index in [0.717, 1.165) is 0 Å². The highest BCUT2D eigenvalue weighted by Gasteiger charge is 2.45. The zero-order chi connectivity index (χ0) is 9.47.